The Bertz CT molecular complexity index is 1210. The van der Waals surface area contributed by atoms with Crippen molar-refractivity contribution < 1.29 is 31.5 Å². The average Bonchev–Trinajstić information content (AvgIpc) is 3.05. The second-order valence-corrected chi connectivity index (χ2v) is 8.58. The molecule has 186 valence electrons. The number of nitrogens with two attached hydrogens (primary N) is 1. The molecule has 1 aliphatic rings. The summed E-state index contributed by atoms with van der Waals surface area (Å²) < 4.78 is 79.6. The van der Waals surface area contributed by atoms with Crippen LogP contribution in [-0.2, 0) is 6.18 Å². The molecule has 1 atom stereocenters. The smallest absolute Gasteiger partial charge is 0.418 e. The minimum atomic E-state index is -5.04. The topological polar surface area (TPSA) is 102 Å². The number of nitrogens with zero attached hydrogens (tertiary/aromatic N) is 2. The van der Waals surface area contributed by atoms with Gasteiger partial charge in [0.25, 0.3) is 5.91 Å². The minimum Gasteiger partial charge on any atom is -0.478 e. The minimum absolute atomic E-state index is 0.106. The molecule has 35 heavy (non-hydrogen) atoms. The summed E-state index contributed by atoms with van der Waals surface area (Å²) in [6, 6.07) is 3.02. The Labute approximate surface area is 200 Å². The molecule has 1 amide bonds. The van der Waals surface area contributed by atoms with Crippen molar-refractivity contribution in [1.82, 2.24) is 14.7 Å². The summed E-state index contributed by atoms with van der Waals surface area (Å²) in [7, 11) is 0. The van der Waals surface area contributed by atoms with Gasteiger partial charge in [-0.05, 0) is 50.6 Å². The fraction of sp³-hybridized carbons (Fsp3) is 0.318. The van der Waals surface area contributed by atoms with E-state index in [1.54, 1.807) is 0 Å². The summed E-state index contributed by atoms with van der Waals surface area (Å²) in [5, 5.41) is 6.05. The first-order valence-electron chi connectivity index (χ1n) is 10.6. The zero-order valence-corrected chi connectivity index (χ0v) is 18.9. The lowest BCUT2D eigenvalue weighted by molar-refractivity contribution is -0.137. The van der Waals surface area contributed by atoms with Gasteiger partial charge in [0.05, 0.1) is 28.7 Å². The van der Waals surface area contributed by atoms with E-state index in [0.717, 1.165) is 62.1 Å². The predicted octanol–water partition coefficient (Wildman–Crippen LogP) is 4.86. The number of pyridine rings is 1. The Hall–Kier alpha value is -3.32. The molecule has 7 nitrogen and oxygen atoms in total. The van der Waals surface area contributed by atoms with Crippen LogP contribution in [0, 0.1) is 11.6 Å². The van der Waals surface area contributed by atoms with Gasteiger partial charge < -0.3 is 21.1 Å². The standard InChI is InChI=1S/C22H20F5N5O2S/c23-13-4-1-5-14(24)17(13)18-12(22(25,26)27)9-15(28)19(32-18)20(33)31-16-10-30-35-21(16)34-11-3-2-7-29-8-6-11/h1,4-5,9-11,29H,2-3,6-8,28H2,(H,31,33). The highest BCUT2D eigenvalue weighted by molar-refractivity contribution is 7.08. The number of hydrogen-bond acceptors (Lipinski definition) is 7. The predicted molar refractivity (Wildman–Crippen MR) is 120 cm³/mol. The number of alkyl halides is 3. The van der Waals surface area contributed by atoms with Gasteiger partial charge in [-0.1, -0.05) is 6.07 Å². The maximum Gasteiger partial charge on any atom is 0.418 e. The zero-order valence-electron chi connectivity index (χ0n) is 18.1. The van der Waals surface area contributed by atoms with Crippen LogP contribution in [0.25, 0.3) is 11.3 Å². The number of ether oxygens (including phenoxy) is 1. The number of anilines is 2. The van der Waals surface area contributed by atoms with Crippen LogP contribution in [0.2, 0.25) is 0 Å². The van der Waals surface area contributed by atoms with Crippen LogP contribution in [0.4, 0.5) is 33.3 Å². The number of carbonyl (C=O) groups excluding carboxylic acids is 1. The molecule has 3 aromatic rings. The molecule has 0 saturated carbocycles. The van der Waals surface area contributed by atoms with Gasteiger partial charge in [-0.2, -0.15) is 17.5 Å². The van der Waals surface area contributed by atoms with Crippen LogP contribution in [-0.4, -0.2) is 34.5 Å². The van der Waals surface area contributed by atoms with E-state index in [2.05, 4.69) is 20.0 Å². The molecule has 0 radical (unpaired) electrons. The monoisotopic (exact) mass is 513 g/mol. The van der Waals surface area contributed by atoms with E-state index in [1.807, 2.05) is 0 Å². The van der Waals surface area contributed by atoms with E-state index in [-0.39, 0.29) is 11.8 Å². The maximum absolute atomic E-state index is 14.3. The van der Waals surface area contributed by atoms with Gasteiger partial charge in [0.1, 0.15) is 23.4 Å². The average molecular weight is 513 g/mol. The lowest BCUT2D eigenvalue weighted by Crippen LogP contribution is -2.21. The van der Waals surface area contributed by atoms with Gasteiger partial charge in [-0.15, -0.1) is 0 Å². The van der Waals surface area contributed by atoms with Crippen LogP contribution < -0.4 is 21.1 Å². The van der Waals surface area contributed by atoms with E-state index in [4.69, 9.17) is 10.5 Å². The Morgan fingerprint density at radius 3 is 2.66 bits per heavy atom. The number of rotatable bonds is 5. The summed E-state index contributed by atoms with van der Waals surface area (Å²) >= 11 is 0.994. The molecule has 0 spiro atoms. The van der Waals surface area contributed by atoms with Gasteiger partial charge in [0, 0.05) is 11.5 Å². The Balaban J connectivity index is 1.67. The third-order valence-corrected chi connectivity index (χ3v) is 6.05. The second kappa shape index (κ2) is 10.1. The van der Waals surface area contributed by atoms with Crippen molar-refractivity contribution >= 4 is 28.8 Å². The molecule has 3 heterocycles. The van der Waals surface area contributed by atoms with E-state index in [9.17, 15) is 26.7 Å². The summed E-state index contributed by atoms with van der Waals surface area (Å²) in [5.74, 6) is -3.52. The van der Waals surface area contributed by atoms with Crippen LogP contribution in [0.3, 0.4) is 0 Å². The fourth-order valence-electron chi connectivity index (χ4n) is 3.68. The highest BCUT2D eigenvalue weighted by atomic mass is 32.1. The highest BCUT2D eigenvalue weighted by Crippen LogP contribution is 2.40. The van der Waals surface area contributed by atoms with Gasteiger partial charge in [0.2, 0.25) is 5.06 Å². The summed E-state index contributed by atoms with van der Waals surface area (Å²) in [6.07, 6.45) is -1.37. The molecule has 1 aromatic carbocycles. The first-order valence-corrected chi connectivity index (χ1v) is 11.4. The molecule has 0 aliphatic carbocycles. The number of aromatic nitrogens is 2. The summed E-state index contributed by atoms with van der Waals surface area (Å²) in [4.78, 5) is 16.6. The van der Waals surface area contributed by atoms with E-state index in [0.29, 0.717) is 11.1 Å². The van der Waals surface area contributed by atoms with Crippen LogP contribution >= 0.6 is 11.5 Å². The SMILES string of the molecule is Nc1cc(C(F)(F)F)c(-c2c(F)cccc2F)nc1C(=O)Nc1cnsc1OC1CCCNCC1. The molecule has 4 rings (SSSR count). The largest absolute Gasteiger partial charge is 0.478 e. The number of halogens is 5. The third kappa shape index (κ3) is 5.51. The third-order valence-electron chi connectivity index (χ3n) is 5.35. The molecule has 2 aromatic heterocycles. The molecular formula is C22H20F5N5O2S. The van der Waals surface area contributed by atoms with Crippen molar-refractivity contribution in [3.63, 3.8) is 0 Å². The molecule has 1 aliphatic heterocycles. The number of amides is 1. The van der Waals surface area contributed by atoms with Crippen molar-refractivity contribution in [2.75, 3.05) is 24.1 Å². The molecule has 1 unspecified atom stereocenters. The Morgan fingerprint density at radius 1 is 1.20 bits per heavy atom. The van der Waals surface area contributed by atoms with Gasteiger partial charge in [-0.3, -0.25) is 4.79 Å². The second-order valence-electron chi connectivity index (χ2n) is 7.82. The summed E-state index contributed by atoms with van der Waals surface area (Å²) in [5.41, 5.74) is 1.07. The van der Waals surface area contributed by atoms with Gasteiger partial charge in [0.15, 0.2) is 5.69 Å². The zero-order chi connectivity index (χ0) is 25.2. The first-order chi connectivity index (χ1) is 16.6. The Morgan fingerprint density at radius 2 is 1.94 bits per heavy atom. The lowest BCUT2D eigenvalue weighted by Gasteiger charge is -2.17. The van der Waals surface area contributed by atoms with Crippen molar-refractivity contribution in [2.45, 2.75) is 31.5 Å². The fourth-order valence-corrected chi connectivity index (χ4v) is 4.31. The highest BCUT2D eigenvalue weighted by Gasteiger charge is 2.37. The van der Waals surface area contributed by atoms with Crippen molar-refractivity contribution in [3.8, 4) is 16.3 Å². The number of carbonyl (C=O) groups is 1. The molecule has 1 saturated heterocycles. The van der Waals surface area contributed by atoms with Gasteiger partial charge in [-0.25, -0.2) is 13.8 Å². The number of nitrogen functional groups attached to an aromatic ring is 1. The van der Waals surface area contributed by atoms with Crippen molar-refractivity contribution in [2.24, 2.45) is 0 Å². The van der Waals surface area contributed by atoms with Crippen LogP contribution in [0.15, 0.2) is 30.5 Å². The lowest BCUT2D eigenvalue weighted by atomic mass is 10.0. The van der Waals surface area contributed by atoms with Crippen LogP contribution in [0.1, 0.15) is 35.3 Å². The molecule has 13 heteroatoms. The number of hydrogen-bond donors (Lipinski definition) is 3. The molecule has 1 fully saturated rings. The molecular weight excluding hydrogens is 493 g/mol. The van der Waals surface area contributed by atoms with E-state index < -0.39 is 51.9 Å². The first kappa shape index (κ1) is 24.8. The van der Waals surface area contributed by atoms with E-state index in [1.165, 1.54) is 6.20 Å². The quantitative estimate of drug-likeness (QED) is 0.422. The van der Waals surface area contributed by atoms with Crippen molar-refractivity contribution in [3.05, 3.63) is 53.4 Å². The number of benzene rings is 1. The maximum atomic E-state index is 14.3. The summed E-state index contributed by atoms with van der Waals surface area (Å²) in [6.45, 7) is 1.64. The molecule has 0 bridgehead atoms. The van der Waals surface area contributed by atoms with Crippen LogP contribution in [0.5, 0.6) is 5.06 Å². The molecule has 4 N–H and O–H groups in total. The Kier molecular flexibility index (Phi) is 7.17. The number of nitrogens with one attached hydrogen (secondary N) is 2. The van der Waals surface area contributed by atoms with E-state index >= 15 is 0 Å². The normalized spacial score (nSPS) is 16.5. The van der Waals surface area contributed by atoms with Gasteiger partial charge >= 0.3 is 6.18 Å². The van der Waals surface area contributed by atoms with Crippen molar-refractivity contribution in [1.29, 1.82) is 0 Å².